The molecular weight excluding hydrogens is 303 g/mol. The molecule has 0 aromatic heterocycles. The minimum absolute atomic E-state index is 0.0952. The summed E-state index contributed by atoms with van der Waals surface area (Å²) >= 11 is 5.75. The van der Waals surface area contributed by atoms with E-state index in [4.69, 9.17) is 17.3 Å². The Morgan fingerprint density at radius 3 is 2.60 bits per heavy atom. The molecule has 0 radical (unpaired) electrons. The Hall–Kier alpha value is -0.850. The molecule has 1 fully saturated rings. The van der Waals surface area contributed by atoms with E-state index in [1.165, 1.54) is 6.07 Å². The van der Waals surface area contributed by atoms with Crippen LogP contribution in [0.1, 0.15) is 32.6 Å². The lowest BCUT2D eigenvalue weighted by atomic mass is 10.0. The zero-order valence-corrected chi connectivity index (χ0v) is 12.8. The van der Waals surface area contributed by atoms with Crippen LogP contribution in [0.15, 0.2) is 17.0 Å². The van der Waals surface area contributed by atoms with Gasteiger partial charge in [0.2, 0.25) is 10.0 Å². The molecule has 1 aliphatic carbocycles. The third-order valence-electron chi connectivity index (χ3n) is 3.77. The molecule has 0 spiro atoms. The van der Waals surface area contributed by atoms with Crippen molar-refractivity contribution in [3.63, 3.8) is 0 Å². The SMILES string of the molecule is CC(NS(=O)(=O)c1cc(Cl)cc(N)c1F)C1CCCC1. The summed E-state index contributed by atoms with van der Waals surface area (Å²) in [5.41, 5.74) is 5.15. The Morgan fingerprint density at radius 2 is 2.00 bits per heavy atom. The van der Waals surface area contributed by atoms with Gasteiger partial charge in [0.25, 0.3) is 0 Å². The maximum atomic E-state index is 13.9. The van der Waals surface area contributed by atoms with Gasteiger partial charge in [-0.1, -0.05) is 24.4 Å². The van der Waals surface area contributed by atoms with E-state index in [9.17, 15) is 12.8 Å². The number of anilines is 1. The van der Waals surface area contributed by atoms with Crippen LogP contribution in [-0.4, -0.2) is 14.5 Å². The number of benzene rings is 1. The van der Waals surface area contributed by atoms with E-state index in [0.717, 1.165) is 31.7 Å². The molecule has 2 rings (SSSR count). The maximum absolute atomic E-state index is 13.9. The minimum atomic E-state index is -3.96. The predicted molar refractivity (Wildman–Crippen MR) is 77.6 cm³/mol. The van der Waals surface area contributed by atoms with Gasteiger partial charge in [0.05, 0.1) is 5.69 Å². The molecule has 0 amide bonds. The van der Waals surface area contributed by atoms with Crippen LogP contribution in [0.5, 0.6) is 0 Å². The molecule has 1 aromatic rings. The molecule has 1 unspecified atom stereocenters. The summed E-state index contributed by atoms with van der Waals surface area (Å²) in [6.45, 7) is 1.80. The van der Waals surface area contributed by atoms with Crippen molar-refractivity contribution >= 4 is 27.3 Å². The zero-order chi connectivity index (χ0) is 14.9. The van der Waals surface area contributed by atoms with E-state index in [0.29, 0.717) is 5.92 Å². The van der Waals surface area contributed by atoms with E-state index >= 15 is 0 Å². The molecular formula is C13H18ClFN2O2S. The van der Waals surface area contributed by atoms with Crippen molar-refractivity contribution in [2.24, 2.45) is 5.92 Å². The number of nitrogens with two attached hydrogens (primary N) is 1. The molecule has 1 aliphatic rings. The summed E-state index contributed by atoms with van der Waals surface area (Å²) < 4.78 is 40.9. The van der Waals surface area contributed by atoms with Gasteiger partial charge in [-0.25, -0.2) is 17.5 Å². The fourth-order valence-electron chi connectivity index (χ4n) is 2.64. The first-order valence-corrected chi connectivity index (χ1v) is 8.44. The second-order valence-electron chi connectivity index (χ2n) is 5.26. The fraction of sp³-hybridized carbons (Fsp3) is 0.538. The highest BCUT2D eigenvalue weighted by molar-refractivity contribution is 7.89. The van der Waals surface area contributed by atoms with Crippen molar-refractivity contribution in [3.05, 3.63) is 23.0 Å². The van der Waals surface area contributed by atoms with Gasteiger partial charge in [0.15, 0.2) is 5.82 Å². The average molecular weight is 321 g/mol. The summed E-state index contributed by atoms with van der Waals surface area (Å²) in [5.74, 6) is -0.662. The Bertz CT molecular complexity index is 601. The number of nitrogen functional groups attached to an aromatic ring is 1. The number of hydrogen-bond donors (Lipinski definition) is 2. The third kappa shape index (κ3) is 3.24. The summed E-state index contributed by atoms with van der Waals surface area (Å²) in [7, 11) is -3.96. The van der Waals surface area contributed by atoms with Crippen molar-refractivity contribution in [2.45, 2.75) is 43.5 Å². The second-order valence-corrected chi connectivity index (χ2v) is 7.38. The quantitative estimate of drug-likeness (QED) is 0.838. The lowest BCUT2D eigenvalue weighted by Crippen LogP contribution is -2.37. The zero-order valence-electron chi connectivity index (χ0n) is 11.2. The van der Waals surface area contributed by atoms with Gasteiger partial charge in [-0.3, -0.25) is 0 Å². The number of halogens is 2. The number of sulfonamides is 1. The van der Waals surface area contributed by atoms with Crippen LogP contribution in [0.25, 0.3) is 0 Å². The lowest BCUT2D eigenvalue weighted by Gasteiger charge is -2.20. The highest BCUT2D eigenvalue weighted by Gasteiger charge is 2.28. The smallest absolute Gasteiger partial charge is 0.243 e. The molecule has 3 N–H and O–H groups in total. The minimum Gasteiger partial charge on any atom is -0.396 e. The number of rotatable bonds is 4. The van der Waals surface area contributed by atoms with Crippen LogP contribution in [0.2, 0.25) is 5.02 Å². The summed E-state index contributed by atoms with van der Waals surface area (Å²) in [6, 6.07) is 2.04. The summed E-state index contributed by atoms with van der Waals surface area (Å²) in [5, 5.41) is 0.0952. The monoisotopic (exact) mass is 320 g/mol. The normalized spacial score (nSPS) is 18.4. The Labute approximate surface area is 123 Å². The van der Waals surface area contributed by atoms with Gasteiger partial charge in [-0.2, -0.15) is 0 Å². The van der Waals surface area contributed by atoms with Crippen molar-refractivity contribution in [1.82, 2.24) is 4.72 Å². The van der Waals surface area contributed by atoms with E-state index < -0.39 is 20.7 Å². The molecule has 1 aromatic carbocycles. The third-order valence-corrected chi connectivity index (χ3v) is 5.55. The van der Waals surface area contributed by atoms with Gasteiger partial charge in [-0.05, 0) is 37.8 Å². The Kier molecular flexibility index (Phi) is 4.56. The summed E-state index contributed by atoms with van der Waals surface area (Å²) in [6.07, 6.45) is 4.19. The lowest BCUT2D eigenvalue weighted by molar-refractivity contribution is 0.423. The van der Waals surface area contributed by atoms with E-state index in [1.807, 2.05) is 0 Å². The highest BCUT2D eigenvalue weighted by Crippen LogP contribution is 2.29. The molecule has 0 aliphatic heterocycles. The van der Waals surface area contributed by atoms with Gasteiger partial charge in [0.1, 0.15) is 4.90 Å². The largest absolute Gasteiger partial charge is 0.396 e. The molecule has 0 heterocycles. The van der Waals surface area contributed by atoms with Crippen LogP contribution in [0.4, 0.5) is 10.1 Å². The van der Waals surface area contributed by atoms with Crippen LogP contribution in [0, 0.1) is 11.7 Å². The molecule has 112 valence electrons. The molecule has 1 saturated carbocycles. The van der Waals surface area contributed by atoms with Crippen LogP contribution in [-0.2, 0) is 10.0 Å². The maximum Gasteiger partial charge on any atom is 0.243 e. The van der Waals surface area contributed by atoms with Crippen molar-refractivity contribution in [1.29, 1.82) is 0 Å². The van der Waals surface area contributed by atoms with Crippen molar-refractivity contribution in [2.75, 3.05) is 5.73 Å². The molecule has 1 atom stereocenters. The van der Waals surface area contributed by atoms with E-state index in [1.54, 1.807) is 6.92 Å². The molecule has 4 nitrogen and oxygen atoms in total. The standard InChI is InChI=1S/C13H18ClFN2O2S/c1-8(9-4-2-3-5-9)17-20(18,19)12-7-10(14)6-11(16)13(12)15/h6-9,17H,2-5,16H2,1H3. The van der Waals surface area contributed by atoms with Gasteiger partial charge >= 0.3 is 0 Å². The van der Waals surface area contributed by atoms with E-state index in [-0.39, 0.29) is 16.8 Å². The summed E-state index contributed by atoms with van der Waals surface area (Å²) in [4.78, 5) is -0.493. The fourth-order valence-corrected chi connectivity index (χ4v) is 4.38. The second kappa shape index (κ2) is 5.87. The first-order valence-electron chi connectivity index (χ1n) is 6.58. The van der Waals surface area contributed by atoms with Crippen LogP contribution < -0.4 is 10.5 Å². The van der Waals surface area contributed by atoms with Crippen LogP contribution in [0.3, 0.4) is 0 Å². The molecule has 0 bridgehead atoms. The predicted octanol–water partition coefficient (Wildman–Crippen LogP) is 2.92. The van der Waals surface area contributed by atoms with Crippen molar-refractivity contribution in [3.8, 4) is 0 Å². The molecule has 7 heteroatoms. The Morgan fingerprint density at radius 1 is 1.40 bits per heavy atom. The van der Waals surface area contributed by atoms with Gasteiger partial charge in [-0.15, -0.1) is 0 Å². The highest BCUT2D eigenvalue weighted by atomic mass is 35.5. The van der Waals surface area contributed by atoms with Gasteiger partial charge < -0.3 is 5.73 Å². The van der Waals surface area contributed by atoms with Crippen LogP contribution >= 0.6 is 11.6 Å². The number of hydrogen-bond acceptors (Lipinski definition) is 3. The van der Waals surface area contributed by atoms with E-state index in [2.05, 4.69) is 4.72 Å². The van der Waals surface area contributed by atoms with Gasteiger partial charge in [0, 0.05) is 11.1 Å². The molecule has 0 saturated heterocycles. The number of nitrogens with one attached hydrogen (secondary N) is 1. The Balaban J connectivity index is 2.26. The van der Waals surface area contributed by atoms with Crippen molar-refractivity contribution < 1.29 is 12.8 Å². The first kappa shape index (κ1) is 15.5. The first-order chi connectivity index (χ1) is 9.31. The topological polar surface area (TPSA) is 72.2 Å². The molecule has 20 heavy (non-hydrogen) atoms. The average Bonchev–Trinajstić information content (AvgIpc) is 2.86.